The predicted octanol–water partition coefficient (Wildman–Crippen LogP) is 2.71. The number of benzene rings is 2. The second-order valence-corrected chi connectivity index (χ2v) is 7.99. The molecule has 0 aliphatic carbocycles. The van der Waals surface area contributed by atoms with Gasteiger partial charge < -0.3 is 15.5 Å². The van der Waals surface area contributed by atoms with E-state index in [1.165, 1.54) is 29.4 Å². The molecule has 2 N–H and O–H groups in total. The highest BCUT2D eigenvalue weighted by molar-refractivity contribution is 6.39. The molecule has 1 saturated heterocycles. The summed E-state index contributed by atoms with van der Waals surface area (Å²) in [4.78, 5) is 29.2. The number of hydrogen-bond acceptors (Lipinski definition) is 4. The zero-order valence-electron chi connectivity index (χ0n) is 17.2. The smallest absolute Gasteiger partial charge is 0.313 e. The Morgan fingerprint density at radius 1 is 1.07 bits per heavy atom. The van der Waals surface area contributed by atoms with Gasteiger partial charge in [-0.1, -0.05) is 18.2 Å². The van der Waals surface area contributed by atoms with Gasteiger partial charge in [-0.05, 0) is 67.7 Å². The highest BCUT2D eigenvalue weighted by Gasteiger charge is 2.27. The molecule has 2 aromatic carbocycles. The van der Waals surface area contributed by atoms with Gasteiger partial charge in [-0.2, -0.15) is 0 Å². The monoisotopic (exact) mass is 410 g/mol. The standard InChI is InChI=1S/C23H27FN4O2/c1-27-12-9-17-13-16(7-8-20(17)27)21(28-10-2-3-11-28)15-25-22(29)23(30)26-19-6-4-5-18(24)14-19/h4-8,13-14,21H,2-3,9-12,15H2,1H3,(H,25,29)(H,26,30)/t21-/m0/s1. The molecule has 2 amide bonds. The van der Waals surface area contributed by atoms with Crippen LogP contribution < -0.4 is 15.5 Å². The molecule has 2 heterocycles. The third-order valence-electron chi connectivity index (χ3n) is 5.94. The summed E-state index contributed by atoms with van der Waals surface area (Å²) in [6.07, 6.45) is 3.30. The number of nitrogens with zero attached hydrogens (tertiary/aromatic N) is 2. The van der Waals surface area contributed by atoms with Gasteiger partial charge in [-0.3, -0.25) is 14.5 Å². The van der Waals surface area contributed by atoms with Crippen LogP contribution in [0, 0.1) is 5.82 Å². The highest BCUT2D eigenvalue weighted by atomic mass is 19.1. The van der Waals surface area contributed by atoms with Crippen molar-refractivity contribution in [2.75, 3.05) is 43.4 Å². The Kier molecular flexibility index (Phi) is 5.99. The van der Waals surface area contributed by atoms with Crippen molar-refractivity contribution < 1.29 is 14.0 Å². The van der Waals surface area contributed by atoms with Crippen LogP contribution in [0.4, 0.5) is 15.8 Å². The predicted molar refractivity (Wildman–Crippen MR) is 115 cm³/mol. The molecule has 0 saturated carbocycles. The van der Waals surface area contributed by atoms with Crippen LogP contribution in [-0.2, 0) is 16.0 Å². The van der Waals surface area contributed by atoms with Gasteiger partial charge in [-0.25, -0.2) is 4.39 Å². The van der Waals surface area contributed by atoms with Crippen LogP contribution in [0.2, 0.25) is 0 Å². The summed E-state index contributed by atoms with van der Waals surface area (Å²) < 4.78 is 13.3. The van der Waals surface area contributed by atoms with Gasteiger partial charge in [0, 0.05) is 31.5 Å². The number of anilines is 2. The summed E-state index contributed by atoms with van der Waals surface area (Å²) in [5.41, 5.74) is 4.01. The fourth-order valence-corrected chi connectivity index (χ4v) is 4.33. The van der Waals surface area contributed by atoms with E-state index in [4.69, 9.17) is 0 Å². The van der Waals surface area contributed by atoms with Crippen molar-refractivity contribution in [3.05, 3.63) is 59.4 Å². The average molecular weight is 410 g/mol. The van der Waals surface area contributed by atoms with Crippen LogP contribution in [0.3, 0.4) is 0 Å². The maximum atomic E-state index is 13.3. The van der Waals surface area contributed by atoms with E-state index in [9.17, 15) is 14.0 Å². The molecule has 0 spiro atoms. The summed E-state index contributed by atoms with van der Waals surface area (Å²) in [5, 5.41) is 5.22. The second kappa shape index (κ2) is 8.83. The van der Waals surface area contributed by atoms with E-state index in [-0.39, 0.29) is 11.7 Å². The Labute approximate surface area is 176 Å². The van der Waals surface area contributed by atoms with Gasteiger partial charge in [0.05, 0.1) is 6.04 Å². The lowest BCUT2D eigenvalue weighted by Gasteiger charge is -2.28. The SMILES string of the molecule is CN1CCc2cc([C@H](CNC(=O)C(=O)Nc3cccc(F)c3)N3CCCC3)ccc21. The van der Waals surface area contributed by atoms with E-state index in [0.717, 1.165) is 44.5 Å². The molecule has 0 bridgehead atoms. The minimum absolute atomic E-state index is 0.0228. The zero-order valence-corrected chi connectivity index (χ0v) is 17.2. The largest absolute Gasteiger partial charge is 0.374 e. The van der Waals surface area contributed by atoms with Crippen LogP contribution in [-0.4, -0.2) is 49.9 Å². The van der Waals surface area contributed by atoms with Crippen LogP contribution in [0.1, 0.15) is 30.0 Å². The van der Waals surface area contributed by atoms with Gasteiger partial charge in [0.25, 0.3) is 0 Å². The molecule has 1 atom stereocenters. The van der Waals surface area contributed by atoms with Crippen molar-refractivity contribution in [2.24, 2.45) is 0 Å². The van der Waals surface area contributed by atoms with Crippen molar-refractivity contribution in [2.45, 2.75) is 25.3 Å². The normalized spacial score (nSPS) is 16.9. The first-order chi connectivity index (χ1) is 14.5. The van der Waals surface area contributed by atoms with Gasteiger partial charge in [0.15, 0.2) is 0 Å². The van der Waals surface area contributed by atoms with Crippen molar-refractivity contribution in [1.82, 2.24) is 10.2 Å². The molecule has 6 nitrogen and oxygen atoms in total. The number of carbonyl (C=O) groups is 2. The van der Waals surface area contributed by atoms with Gasteiger partial charge >= 0.3 is 11.8 Å². The zero-order chi connectivity index (χ0) is 21.1. The van der Waals surface area contributed by atoms with Crippen LogP contribution in [0.25, 0.3) is 0 Å². The van der Waals surface area contributed by atoms with Crippen LogP contribution in [0.15, 0.2) is 42.5 Å². The topological polar surface area (TPSA) is 64.7 Å². The highest BCUT2D eigenvalue weighted by Crippen LogP contribution is 2.32. The Balaban J connectivity index is 1.44. The maximum Gasteiger partial charge on any atom is 0.313 e. The van der Waals surface area contributed by atoms with Crippen LogP contribution >= 0.6 is 0 Å². The Morgan fingerprint density at radius 2 is 1.87 bits per heavy atom. The van der Waals surface area contributed by atoms with E-state index < -0.39 is 17.6 Å². The van der Waals surface area contributed by atoms with E-state index in [2.05, 4.69) is 45.7 Å². The third-order valence-corrected chi connectivity index (χ3v) is 5.94. The van der Waals surface area contributed by atoms with Crippen LogP contribution in [0.5, 0.6) is 0 Å². The van der Waals surface area contributed by atoms with Gasteiger partial charge in [-0.15, -0.1) is 0 Å². The number of nitrogens with one attached hydrogen (secondary N) is 2. The molecule has 4 rings (SSSR count). The molecule has 2 aliphatic heterocycles. The Bertz CT molecular complexity index is 943. The van der Waals surface area contributed by atoms with E-state index >= 15 is 0 Å². The third kappa shape index (κ3) is 4.46. The summed E-state index contributed by atoms with van der Waals surface area (Å²) in [7, 11) is 2.10. The number of halogens is 1. The van der Waals surface area contributed by atoms with Crippen molar-refractivity contribution in [1.29, 1.82) is 0 Å². The number of amides is 2. The molecule has 2 aliphatic rings. The lowest BCUT2D eigenvalue weighted by molar-refractivity contribution is -0.136. The van der Waals surface area contributed by atoms with E-state index in [1.807, 2.05) is 0 Å². The average Bonchev–Trinajstić information content (AvgIpc) is 3.38. The van der Waals surface area contributed by atoms with Gasteiger partial charge in [0.2, 0.25) is 0 Å². The molecule has 0 radical (unpaired) electrons. The number of carbonyl (C=O) groups excluding carboxylic acids is 2. The number of hydrogen-bond donors (Lipinski definition) is 2. The molecular weight excluding hydrogens is 383 g/mol. The lowest BCUT2D eigenvalue weighted by Crippen LogP contribution is -2.41. The minimum atomic E-state index is -0.795. The maximum absolute atomic E-state index is 13.3. The molecule has 1 fully saturated rings. The molecule has 0 unspecified atom stereocenters. The number of rotatable bonds is 5. The van der Waals surface area contributed by atoms with E-state index in [1.54, 1.807) is 6.07 Å². The summed E-state index contributed by atoms with van der Waals surface area (Å²) >= 11 is 0. The molecule has 158 valence electrons. The molecule has 30 heavy (non-hydrogen) atoms. The van der Waals surface area contributed by atoms with Gasteiger partial charge in [0.1, 0.15) is 5.82 Å². The first-order valence-corrected chi connectivity index (χ1v) is 10.4. The Morgan fingerprint density at radius 3 is 2.63 bits per heavy atom. The summed E-state index contributed by atoms with van der Waals surface area (Å²) in [5.74, 6) is -1.98. The molecular formula is C23H27FN4O2. The molecule has 0 aromatic heterocycles. The fraction of sp³-hybridized carbons (Fsp3) is 0.391. The fourth-order valence-electron chi connectivity index (χ4n) is 4.33. The number of likely N-dealkylation sites (N-methyl/N-ethyl adjacent to an activating group) is 1. The first-order valence-electron chi connectivity index (χ1n) is 10.4. The Hall–Kier alpha value is -2.93. The molecule has 7 heteroatoms. The first kappa shape index (κ1) is 20.3. The molecule has 2 aromatic rings. The number of fused-ring (bicyclic) bond motifs is 1. The van der Waals surface area contributed by atoms with Crippen molar-refractivity contribution in [3.63, 3.8) is 0 Å². The summed E-state index contributed by atoms with van der Waals surface area (Å²) in [6.45, 7) is 3.33. The number of likely N-dealkylation sites (tertiary alicyclic amines) is 1. The quantitative estimate of drug-likeness (QED) is 0.744. The van der Waals surface area contributed by atoms with Crippen molar-refractivity contribution >= 4 is 23.2 Å². The van der Waals surface area contributed by atoms with E-state index in [0.29, 0.717) is 6.54 Å². The lowest BCUT2D eigenvalue weighted by atomic mass is 10.0. The second-order valence-electron chi connectivity index (χ2n) is 7.99. The van der Waals surface area contributed by atoms with Crippen molar-refractivity contribution in [3.8, 4) is 0 Å². The minimum Gasteiger partial charge on any atom is -0.374 e. The summed E-state index contributed by atoms with van der Waals surface area (Å²) in [6, 6.07) is 12.0.